The number of aromatic amines is 1. The Hall–Kier alpha value is -1.23. The van der Waals surface area contributed by atoms with Crippen LogP contribution in [0.5, 0.6) is 0 Å². The van der Waals surface area contributed by atoms with E-state index in [9.17, 15) is 9.59 Å². The van der Waals surface area contributed by atoms with Crippen LogP contribution >= 0.6 is 34.8 Å². The lowest BCUT2D eigenvalue weighted by Gasteiger charge is -2.06. The van der Waals surface area contributed by atoms with Gasteiger partial charge in [-0.1, -0.05) is 40.9 Å². The quantitative estimate of drug-likeness (QED) is 0.927. The predicted molar refractivity (Wildman–Crippen MR) is 71.9 cm³/mol. The maximum absolute atomic E-state index is 11.5. The van der Waals surface area contributed by atoms with Crippen molar-refractivity contribution in [1.82, 2.24) is 9.55 Å². The van der Waals surface area contributed by atoms with Gasteiger partial charge in [0.2, 0.25) is 0 Å². The number of nitrogens with one attached hydrogen (secondary N) is 1. The topological polar surface area (TPSA) is 54.9 Å². The number of benzene rings is 1. The van der Waals surface area contributed by atoms with Crippen molar-refractivity contribution in [3.8, 4) is 0 Å². The second kappa shape index (κ2) is 5.18. The van der Waals surface area contributed by atoms with Gasteiger partial charge in [-0.2, -0.15) is 0 Å². The van der Waals surface area contributed by atoms with Gasteiger partial charge < -0.3 is 0 Å². The fourth-order valence-electron chi connectivity index (χ4n) is 1.43. The predicted octanol–water partition coefficient (Wildman–Crippen LogP) is 2.55. The molecule has 7 heteroatoms. The van der Waals surface area contributed by atoms with Crippen molar-refractivity contribution in [2.24, 2.45) is 0 Å². The summed E-state index contributed by atoms with van der Waals surface area (Å²) >= 11 is 17.3. The van der Waals surface area contributed by atoms with Crippen LogP contribution in [0.25, 0.3) is 0 Å². The number of H-pyrrole nitrogens is 1. The molecule has 0 saturated heterocycles. The van der Waals surface area contributed by atoms with Gasteiger partial charge in [-0.3, -0.25) is 14.3 Å². The molecule has 0 aliphatic heterocycles. The highest BCUT2D eigenvalue weighted by Crippen LogP contribution is 2.22. The average molecular weight is 306 g/mol. The van der Waals surface area contributed by atoms with E-state index in [4.69, 9.17) is 34.8 Å². The Labute approximate surface area is 117 Å². The van der Waals surface area contributed by atoms with E-state index < -0.39 is 11.2 Å². The molecule has 18 heavy (non-hydrogen) atoms. The van der Waals surface area contributed by atoms with E-state index in [-0.39, 0.29) is 11.6 Å². The Bertz CT molecular complexity index is 706. The van der Waals surface area contributed by atoms with E-state index in [0.29, 0.717) is 10.0 Å². The molecule has 0 aliphatic rings. The molecule has 0 atom stereocenters. The van der Waals surface area contributed by atoms with E-state index in [1.54, 1.807) is 18.2 Å². The lowest BCUT2D eigenvalue weighted by Crippen LogP contribution is -2.29. The minimum Gasteiger partial charge on any atom is -0.295 e. The summed E-state index contributed by atoms with van der Waals surface area (Å²) in [4.78, 5) is 24.8. The largest absolute Gasteiger partial charge is 0.328 e. The fourth-order valence-corrected chi connectivity index (χ4v) is 1.92. The van der Waals surface area contributed by atoms with Crippen molar-refractivity contribution in [3.05, 3.63) is 65.9 Å². The number of rotatable bonds is 2. The molecule has 0 amide bonds. The highest BCUT2D eigenvalue weighted by molar-refractivity contribution is 6.42. The zero-order valence-corrected chi connectivity index (χ0v) is 11.2. The van der Waals surface area contributed by atoms with Crippen molar-refractivity contribution in [2.45, 2.75) is 6.54 Å². The summed E-state index contributed by atoms with van der Waals surface area (Å²) in [7, 11) is 0. The van der Waals surface area contributed by atoms with Crippen LogP contribution in [0.15, 0.2) is 34.0 Å². The van der Waals surface area contributed by atoms with Crippen LogP contribution in [0.2, 0.25) is 15.1 Å². The van der Waals surface area contributed by atoms with Gasteiger partial charge >= 0.3 is 5.69 Å². The number of hydrogen-bond donors (Lipinski definition) is 1. The summed E-state index contributed by atoms with van der Waals surface area (Å²) in [5.74, 6) is 0. The molecule has 1 heterocycles. The second-order valence-electron chi connectivity index (χ2n) is 3.61. The Morgan fingerprint density at radius 2 is 1.78 bits per heavy atom. The van der Waals surface area contributed by atoms with Crippen LogP contribution in [-0.2, 0) is 6.54 Å². The van der Waals surface area contributed by atoms with Gasteiger partial charge in [0.15, 0.2) is 0 Å². The molecule has 0 bridgehead atoms. The van der Waals surface area contributed by atoms with E-state index >= 15 is 0 Å². The lowest BCUT2D eigenvalue weighted by molar-refractivity contribution is 0.721. The average Bonchev–Trinajstić information content (AvgIpc) is 2.31. The summed E-state index contributed by atoms with van der Waals surface area (Å²) < 4.78 is 1.28. The molecule has 0 saturated carbocycles. The standard InChI is InChI=1S/C11H7Cl3N2O2/c12-7-2-1-6(3-8(7)13)4-16-5-9(14)10(17)15-11(16)18/h1-3,5H,4H2,(H,15,17,18). The molecule has 0 radical (unpaired) electrons. The van der Waals surface area contributed by atoms with E-state index in [1.807, 2.05) is 0 Å². The highest BCUT2D eigenvalue weighted by Gasteiger charge is 2.05. The summed E-state index contributed by atoms with van der Waals surface area (Å²) in [6.07, 6.45) is 1.28. The Balaban J connectivity index is 2.40. The molecule has 1 N–H and O–H groups in total. The zero-order chi connectivity index (χ0) is 13.3. The number of halogens is 3. The molecule has 4 nitrogen and oxygen atoms in total. The second-order valence-corrected chi connectivity index (χ2v) is 4.83. The molecule has 0 spiro atoms. The molecule has 94 valence electrons. The van der Waals surface area contributed by atoms with Gasteiger partial charge in [0.1, 0.15) is 5.02 Å². The molecular formula is C11H7Cl3N2O2. The molecule has 2 aromatic rings. The van der Waals surface area contributed by atoms with Gasteiger partial charge in [0, 0.05) is 6.20 Å². The fraction of sp³-hybridized carbons (Fsp3) is 0.0909. The monoisotopic (exact) mass is 304 g/mol. The third-order valence-corrected chi connectivity index (χ3v) is 3.31. The van der Waals surface area contributed by atoms with Gasteiger partial charge in [-0.15, -0.1) is 0 Å². The third kappa shape index (κ3) is 2.77. The SMILES string of the molecule is O=c1[nH]c(=O)n(Cc2ccc(Cl)c(Cl)c2)cc1Cl. The van der Waals surface area contributed by atoms with Gasteiger partial charge in [-0.25, -0.2) is 4.79 Å². The van der Waals surface area contributed by atoms with E-state index in [0.717, 1.165) is 5.56 Å². The number of aromatic nitrogens is 2. The van der Waals surface area contributed by atoms with Crippen molar-refractivity contribution in [3.63, 3.8) is 0 Å². The third-order valence-electron chi connectivity index (χ3n) is 2.30. The minimum atomic E-state index is -0.605. The van der Waals surface area contributed by atoms with Gasteiger partial charge in [0.05, 0.1) is 16.6 Å². The van der Waals surface area contributed by atoms with Crippen LogP contribution in [0, 0.1) is 0 Å². The number of hydrogen-bond acceptors (Lipinski definition) is 2. The summed E-state index contributed by atoms with van der Waals surface area (Å²) in [5.41, 5.74) is -0.364. The maximum atomic E-state index is 11.5. The first-order chi connectivity index (χ1) is 8.47. The van der Waals surface area contributed by atoms with Crippen molar-refractivity contribution in [2.75, 3.05) is 0 Å². The van der Waals surface area contributed by atoms with E-state index in [1.165, 1.54) is 10.8 Å². The Kier molecular flexibility index (Phi) is 3.80. The molecule has 2 rings (SSSR count). The lowest BCUT2D eigenvalue weighted by atomic mass is 10.2. The van der Waals surface area contributed by atoms with Gasteiger partial charge in [0.25, 0.3) is 5.56 Å². The molecule has 1 aromatic carbocycles. The molecular weight excluding hydrogens is 298 g/mol. The summed E-state index contributed by atoms with van der Waals surface area (Å²) in [6, 6.07) is 5.02. The van der Waals surface area contributed by atoms with E-state index in [2.05, 4.69) is 4.98 Å². The van der Waals surface area contributed by atoms with Crippen LogP contribution in [0.3, 0.4) is 0 Å². The normalized spacial score (nSPS) is 10.6. The van der Waals surface area contributed by atoms with Crippen molar-refractivity contribution in [1.29, 1.82) is 0 Å². The summed E-state index contributed by atoms with van der Waals surface area (Å²) in [5, 5.41) is 0.791. The van der Waals surface area contributed by atoms with Crippen LogP contribution in [-0.4, -0.2) is 9.55 Å². The van der Waals surface area contributed by atoms with Crippen LogP contribution in [0.1, 0.15) is 5.56 Å². The first kappa shape index (κ1) is 13.2. The first-order valence-corrected chi connectivity index (χ1v) is 6.04. The van der Waals surface area contributed by atoms with Crippen molar-refractivity contribution < 1.29 is 0 Å². The Morgan fingerprint density at radius 3 is 2.44 bits per heavy atom. The van der Waals surface area contributed by atoms with Gasteiger partial charge in [-0.05, 0) is 17.7 Å². The number of nitrogens with zero attached hydrogens (tertiary/aromatic N) is 1. The summed E-state index contributed by atoms with van der Waals surface area (Å²) in [6.45, 7) is 0.242. The van der Waals surface area contributed by atoms with Crippen molar-refractivity contribution >= 4 is 34.8 Å². The molecule has 0 aliphatic carbocycles. The highest BCUT2D eigenvalue weighted by atomic mass is 35.5. The molecule has 0 unspecified atom stereocenters. The minimum absolute atomic E-state index is 0.0466. The smallest absolute Gasteiger partial charge is 0.295 e. The van der Waals surface area contributed by atoms with Crippen LogP contribution in [0.4, 0.5) is 0 Å². The van der Waals surface area contributed by atoms with Crippen LogP contribution < -0.4 is 11.2 Å². The Morgan fingerprint density at radius 1 is 1.06 bits per heavy atom. The molecule has 1 aromatic heterocycles. The first-order valence-electron chi connectivity index (χ1n) is 4.90. The maximum Gasteiger partial charge on any atom is 0.328 e. The zero-order valence-electron chi connectivity index (χ0n) is 8.91. The molecule has 0 fully saturated rings.